The zero-order valence-electron chi connectivity index (χ0n) is 10.0. The number of hydrogen-bond donors (Lipinski definition) is 0. The number of rotatable bonds is 2. The van der Waals surface area contributed by atoms with Gasteiger partial charge in [0.1, 0.15) is 0 Å². The third-order valence-corrected chi connectivity index (χ3v) is 6.96. The maximum atomic E-state index is 11.5. The highest BCUT2D eigenvalue weighted by atomic mass is 35.5. The standard InChI is InChI=1S/C14H16Cl2O2/c15-13(17)9-3-5-1-7(9)12-6-2-8(11(5)12)10(4-6)14(16)18/h5-12H,1-4H2. The Morgan fingerprint density at radius 3 is 1.44 bits per heavy atom. The molecule has 0 saturated heterocycles. The van der Waals surface area contributed by atoms with Gasteiger partial charge in [-0.25, -0.2) is 0 Å². The van der Waals surface area contributed by atoms with Crippen molar-refractivity contribution >= 4 is 33.7 Å². The highest BCUT2D eigenvalue weighted by Gasteiger charge is 2.66. The lowest BCUT2D eigenvalue weighted by molar-refractivity contribution is -0.121. The summed E-state index contributed by atoms with van der Waals surface area (Å²) in [7, 11) is 0. The van der Waals surface area contributed by atoms with E-state index in [0.717, 1.165) is 25.7 Å². The molecule has 4 saturated carbocycles. The van der Waals surface area contributed by atoms with Crippen LogP contribution >= 0.6 is 23.2 Å². The fraction of sp³-hybridized carbons (Fsp3) is 0.857. The summed E-state index contributed by atoms with van der Waals surface area (Å²) >= 11 is 11.5. The van der Waals surface area contributed by atoms with E-state index in [1.165, 1.54) is 0 Å². The van der Waals surface area contributed by atoms with E-state index < -0.39 is 0 Å². The molecule has 4 aliphatic rings. The molecule has 4 bridgehead atoms. The predicted molar refractivity (Wildman–Crippen MR) is 68.1 cm³/mol. The summed E-state index contributed by atoms with van der Waals surface area (Å²) in [6.45, 7) is 0. The van der Waals surface area contributed by atoms with Crippen LogP contribution in [0.1, 0.15) is 25.7 Å². The number of fused-ring (bicyclic) bond motifs is 9. The van der Waals surface area contributed by atoms with Crippen molar-refractivity contribution in [2.45, 2.75) is 25.7 Å². The Hall–Kier alpha value is -0.0800. The third kappa shape index (κ3) is 1.31. The molecule has 0 spiro atoms. The van der Waals surface area contributed by atoms with Gasteiger partial charge in [0.05, 0.1) is 0 Å². The van der Waals surface area contributed by atoms with E-state index >= 15 is 0 Å². The van der Waals surface area contributed by atoms with E-state index in [-0.39, 0.29) is 22.3 Å². The maximum Gasteiger partial charge on any atom is 0.225 e. The van der Waals surface area contributed by atoms with Crippen LogP contribution in [0.25, 0.3) is 0 Å². The van der Waals surface area contributed by atoms with Gasteiger partial charge in [0, 0.05) is 11.8 Å². The summed E-state index contributed by atoms with van der Waals surface area (Å²) in [6, 6.07) is 0. The van der Waals surface area contributed by atoms with Gasteiger partial charge in [-0.15, -0.1) is 0 Å². The molecular formula is C14H16Cl2O2. The highest BCUT2D eigenvalue weighted by molar-refractivity contribution is 6.64. The van der Waals surface area contributed by atoms with Crippen LogP contribution in [0.5, 0.6) is 0 Å². The van der Waals surface area contributed by atoms with Gasteiger partial charge < -0.3 is 0 Å². The van der Waals surface area contributed by atoms with Gasteiger partial charge in [-0.2, -0.15) is 0 Å². The molecule has 0 N–H and O–H groups in total. The Morgan fingerprint density at radius 1 is 0.722 bits per heavy atom. The van der Waals surface area contributed by atoms with Crippen molar-refractivity contribution < 1.29 is 9.59 Å². The SMILES string of the molecule is O=C(Cl)C1CC2CC1C1C3CC(C(=O)Cl)C(C3)C21. The first kappa shape index (κ1) is 11.7. The lowest BCUT2D eigenvalue weighted by Crippen LogP contribution is -2.38. The van der Waals surface area contributed by atoms with E-state index in [1.54, 1.807) is 0 Å². The van der Waals surface area contributed by atoms with Crippen LogP contribution in [0.2, 0.25) is 0 Å². The lowest BCUT2D eigenvalue weighted by Gasteiger charge is -2.39. The molecule has 2 nitrogen and oxygen atoms in total. The van der Waals surface area contributed by atoms with Crippen LogP contribution in [0.4, 0.5) is 0 Å². The van der Waals surface area contributed by atoms with E-state index in [9.17, 15) is 9.59 Å². The molecule has 0 aromatic heterocycles. The first-order valence-corrected chi connectivity index (χ1v) is 7.72. The first-order valence-electron chi connectivity index (χ1n) is 6.96. The molecular weight excluding hydrogens is 271 g/mol. The van der Waals surface area contributed by atoms with Crippen LogP contribution < -0.4 is 0 Å². The minimum atomic E-state index is -0.131. The van der Waals surface area contributed by atoms with E-state index in [0.29, 0.717) is 35.5 Å². The van der Waals surface area contributed by atoms with Crippen LogP contribution in [-0.2, 0) is 9.59 Å². The van der Waals surface area contributed by atoms with Crippen molar-refractivity contribution in [3.05, 3.63) is 0 Å². The van der Waals surface area contributed by atoms with Crippen LogP contribution in [0.3, 0.4) is 0 Å². The van der Waals surface area contributed by atoms with Gasteiger partial charge in [-0.05, 0) is 84.4 Å². The largest absolute Gasteiger partial charge is 0.281 e. The number of halogens is 2. The summed E-state index contributed by atoms with van der Waals surface area (Å²) in [5.74, 6) is 3.79. The Bertz CT molecular complexity index is 396. The molecule has 0 aromatic rings. The van der Waals surface area contributed by atoms with Crippen LogP contribution in [0.15, 0.2) is 0 Å². The van der Waals surface area contributed by atoms with Crippen molar-refractivity contribution in [2.75, 3.05) is 0 Å². The van der Waals surface area contributed by atoms with Gasteiger partial charge in [0.25, 0.3) is 0 Å². The monoisotopic (exact) mass is 286 g/mol. The Labute approximate surface area is 116 Å². The van der Waals surface area contributed by atoms with Crippen molar-refractivity contribution in [1.29, 1.82) is 0 Å². The minimum absolute atomic E-state index is 0.0995. The minimum Gasteiger partial charge on any atom is -0.281 e. The second-order valence-electron chi connectivity index (χ2n) is 6.77. The summed E-state index contributed by atoms with van der Waals surface area (Å²) in [5.41, 5.74) is 0. The summed E-state index contributed by atoms with van der Waals surface area (Å²) in [6.07, 6.45) is 4.24. The molecule has 0 aromatic carbocycles. The molecule has 18 heavy (non-hydrogen) atoms. The Morgan fingerprint density at radius 2 is 1.11 bits per heavy atom. The summed E-state index contributed by atoms with van der Waals surface area (Å²) in [4.78, 5) is 23.0. The van der Waals surface area contributed by atoms with E-state index in [1.807, 2.05) is 0 Å². The van der Waals surface area contributed by atoms with E-state index in [4.69, 9.17) is 23.2 Å². The normalized spacial score (nSPS) is 55.9. The molecule has 0 aliphatic heterocycles. The smallest absolute Gasteiger partial charge is 0.225 e. The third-order valence-electron chi connectivity index (χ3n) is 6.40. The zero-order valence-corrected chi connectivity index (χ0v) is 11.5. The highest BCUT2D eigenvalue weighted by Crippen LogP contribution is 2.70. The molecule has 4 fully saturated rings. The van der Waals surface area contributed by atoms with Gasteiger partial charge in [-0.3, -0.25) is 9.59 Å². The van der Waals surface area contributed by atoms with Crippen LogP contribution in [0, 0.1) is 47.3 Å². The van der Waals surface area contributed by atoms with Crippen LogP contribution in [-0.4, -0.2) is 10.5 Å². The number of carbonyl (C=O) groups is 2. The van der Waals surface area contributed by atoms with E-state index in [2.05, 4.69) is 0 Å². The molecule has 98 valence electrons. The Kier molecular flexibility index (Phi) is 2.43. The molecule has 8 unspecified atom stereocenters. The second-order valence-corrected chi connectivity index (χ2v) is 7.51. The molecule has 0 amide bonds. The van der Waals surface area contributed by atoms with Crippen molar-refractivity contribution in [3.63, 3.8) is 0 Å². The first-order chi connectivity index (χ1) is 8.58. The van der Waals surface area contributed by atoms with Crippen molar-refractivity contribution in [3.8, 4) is 0 Å². The second kappa shape index (κ2) is 3.73. The molecule has 0 heterocycles. The van der Waals surface area contributed by atoms with Gasteiger partial charge in [0.15, 0.2) is 0 Å². The molecule has 8 atom stereocenters. The van der Waals surface area contributed by atoms with Gasteiger partial charge >= 0.3 is 0 Å². The van der Waals surface area contributed by atoms with Crippen molar-refractivity contribution in [1.82, 2.24) is 0 Å². The van der Waals surface area contributed by atoms with Gasteiger partial charge in [-0.1, -0.05) is 0 Å². The average Bonchev–Trinajstić information content (AvgIpc) is 3.05. The molecule has 4 aliphatic carbocycles. The topological polar surface area (TPSA) is 34.1 Å². The zero-order chi connectivity index (χ0) is 12.6. The number of carbonyl (C=O) groups excluding carboxylic acids is 2. The predicted octanol–water partition coefficient (Wildman–Crippen LogP) is 3.06. The molecule has 4 rings (SSSR count). The molecule has 4 heteroatoms. The summed E-state index contributed by atoms with van der Waals surface area (Å²) in [5, 5.41) is -0.262. The quantitative estimate of drug-likeness (QED) is 0.578. The lowest BCUT2D eigenvalue weighted by atomic mass is 9.65. The van der Waals surface area contributed by atoms with Gasteiger partial charge in [0.2, 0.25) is 10.5 Å². The number of hydrogen-bond acceptors (Lipinski definition) is 2. The maximum absolute atomic E-state index is 11.5. The molecule has 0 radical (unpaired) electrons. The Balaban J connectivity index is 1.63. The van der Waals surface area contributed by atoms with Crippen molar-refractivity contribution in [2.24, 2.45) is 47.3 Å². The average molecular weight is 287 g/mol. The fourth-order valence-electron chi connectivity index (χ4n) is 6.12. The fourth-order valence-corrected chi connectivity index (χ4v) is 6.62. The summed E-state index contributed by atoms with van der Waals surface area (Å²) < 4.78 is 0.